The number of nitrogens with one attached hydrogen (secondary N) is 1. The van der Waals surface area contributed by atoms with Crippen LogP contribution in [0, 0.1) is 0 Å². The molecule has 0 bridgehead atoms. The lowest BCUT2D eigenvalue weighted by atomic mass is 9.98. The molecular weight excluding hydrogens is 544 g/mol. The topological polar surface area (TPSA) is 103 Å². The lowest BCUT2D eigenvalue weighted by Crippen LogP contribution is -2.47. The van der Waals surface area contributed by atoms with Gasteiger partial charge >= 0.3 is 12.1 Å². The molecule has 0 fully saturated rings. The first kappa shape index (κ1) is 31.3. The zero-order chi connectivity index (χ0) is 31.1. The Morgan fingerprint density at radius 1 is 0.977 bits per heavy atom. The van der Waals surface area contributed by atoms with E-state index in [0.717, 1.165) is 52.8 Å². The average molecular weight is 585 g/mol. The molecule has 43 heavy (non-hydrogen) atoms. The van der Waals surface area contributed by atoms with E-state index in [1.807, 2.05) is 36.4 Å². The Balaban J connectivity index is 1.64. The molecule has 1 heterocycles. The minimum absolute atomic E-state index is 0.319. The number of fused-ring (bicyclic) bond motifs is 1. The maximum atomic E-state index is 12.5. The summed E-state index contributed by atoms with van der Waals surface area (Å²) in [5, 5.41) is 1.17. The van der Waals surface area contributed by atoms with E-state index in [1.165, 1.54) is 11.9 Å². The predicted octanol–water partition coefficient (Wildman–Crippen LogP) is 7.06. The molecule has 0 saturated heterocycles. The minimum Gasteiger partial charge on any atom is -0.462 e. The molecule has 1 N–H and O–H groups in total. The van der Waals surface area contributed by atoms with E-state index in [1.54, 1.807) is 45.9 Å². The number of nitrogens with zero attached hydrogens (tertiary/aromatic N) is 3. The van der Waals surface area contributed by atoms with Crippen molar-refractivity contribution in [2.45, 2.75) is 73.0 Å². The van der Waals surface area contributed by atoms with Gasteiger partial charge in [0.2, 0.25) is 5.91 Å². The molecule has 4 rings (SSSR count). The van der Waals surface area contributed by atoms with Gasteiger partial charge in [-0.2, -0.15) is 0 Å². The third kappa shape index (κ3) is 7.80. The van der Waals surface area contributed by atoms with Crippen molar-refractivity contribution in [2.24, 2.45) is 0 Å². The number of rotatable bonds is 9. The van der Waals surface area contributed by atoms with E-state index in [4.69, 9.17) is 14.5 Å². The third-order valence-electron chi connectivity index (χ3n) is 6.77. The Kier molecular flexibility index (Phi) is 9.85. The molecule has 2 amide bonds. The summed E-state index contributed by atoms with van der Waals surface area (Å²) in [7, 11) is 0. The highest BCUT2D eigenvalue weighted by atomic mass is 16.6. The van der Waals surface area contributed by atoms with Gasteiger partial charge in [-0.25, -0.2) is 25.0 Å². The number of carbonyl (C=O) groups excluding carboxylic acids is 3. The quantitative estimate of drug-likeness (QED) is 0.167. The highest BCUT2D eigenvalue weighted by Gasteiger charge is 2.22. The molecule has 0 unspecified atom stereocenters. The van der Waals surface area contributed by atoms with E-state index in [-0.39, 0.29) is 11.9 Å². The highest BCUT2D eigenvalue weighted by Crippen LogP contribution is 2.27. The number of anilines is 1. The number of imidazole rings is 1. The van der Waals surface area contributed by atoms with Crippen LogP contribution < -0.4 is 10.4 Å². The Morgan fingerprint density at radius 2 is 1.70 bits per heavy atom. The third-order valence-corrected chi connectivity index (χ3v) is 6.77. The summed E-state index contributed by atoms with van der Waals surface area (Å²) in [6.07, 6.45) is 2.10. The summed E-state index contributed by atoms with van der Waals surface area (Å²) in [5.74, 6) is 0.248. The van der Waals surface area contributed by atoms with E-state index in [9.17, 15) is 14.4 Å². The van der Waals surface area contributed by atoms with Gasteiger partial charge in [0.25, 0.3) is 0 Å². The molecular formula is C34H40N4O5. The van der Waals surface area contributed by atoms with Crippen molar-refractivity contribution >= 4 is 34.7 Å². The number of benzene rings is 3. The lowest BCUT2D eigenvalue weighted by Gasteiger charge is -2.25. The van der Waals surface area contributed by atoms with Gasteiger partial charge in [-0.15, -0.1) is 0 Å². The van der Waals surface area contributed by atoms with Crippen LogP contribution >= 0.6 is 0 Å². The first-order chi connectivity index (χ1) is 20.5. The number of ether oxygens (including phenoxy) is 2. The Morgan fingerprint density at radius 3 is 2.35 bits per heavy atom. The number of carbonyl (C=O) groups is 3. The number of hydrogen-bond donors (Lipinski definition) is 1. The van der Waals surface area contributed by atoms with Crippen molar-refractivity contribution in [3.05, 3.63) is 83.7 Å². The zero-order valence-electron chi connectivity index (χ0n) is 25.8. The van der Waals surface area contributed by atoms with Gasteiger partial charge in [-0.05, 0) is 75.1 Å². The molecule has 226 valence electrons. The van der Waals surface area contributed by atoms with E-state index >= 15 is 0 Å². The first-order valence-corrected chi connectivity index (χ1v) is 14.7. The summed E-state index contributed by atoms with van der Waals surface area (Å²) < 4.78 is 12.8. The van der Waals surface area contributed by atoms with Crippen molar-refractivity contribution in [3.8, 4) is 11.1 Å². The second kappa shape index (κ2) is 13.5. The number of hydrogen-bond acceptors (Lipinski definition) is 6. The summed E-state index contributed by atoms with van der Waals surface area (Å²) in [6.45, 7) is 11.5. The van der Waals surface area contributed by atoms with E-state index in [0.29, 0.717) is 24.4 Å². The largest absolute Gasteiger partial charge is 0.462 e. The predicted molar refractivity (Wildman–Crippen MR) is 168 cm³/mol. The second-order valence-corrected chi connectivity index (χ2v) is 11.3. The van der Waals surface area contributed by atoms with Crippen molar-refractivity contribution in [2.75, 3.05) is 11.6 Å². The SMILES string of the molecule is CCCCc1nc2cc(N(NC(=O)OC(C)(C)C)C(C)=O)ccc2n1Cc1ccc(-c2ccccc2C(=O)OCC)cc1. The van der Waals surface area contributed by atoms with Crippen molar-refractivity contribution in [3.63, 3.8) is 0 Å². The van der Waals surface area contributed by atoms with Crippen LogP contribution in [0.1, 0.15) is 76.1 Å². The number of esters is 1. The fraction of sp³-hybridized carbons (Fsp3) is 0.353. The highest BCUT2D eigenvalue weighted by molar-refractivity contribution is 5.97. The normalized spacial score (nSPS) is 11.3. The molecule has 0 aliphatic heterocycles. The molecule has 0 saturated carbocycles. The molecule has 0 radical (unpaired) electrons. The summed E-state index contributed by atoms with van der Waals surface area (Å²) in [6, 6.07) is 21.1. The number of aryl methyl sites for hydroxylation is 1. The molecule has 3 aromatic carbocycles. The molecule has 0 aliphatic rings. The molecule has 1 aromatic heterocycles. The molecule has 9 heteroatoms. The first-order valence-electron chi connectivity index (χ1n) is 14.7. The number of unbranched alkanes of at least 4 members (excludes halogenated alkanes) is 1. The van der Waals surface area contributed by atoms with Crippen LogP contribution in [0.2, 0.25) is 0 Å². The number of aromatic nitrogens is 2. The van der Waals surface area contributed by atoms with Gasteiger partial charge in [0.1, 0.15) is 11.4 Å². The molecule has 0 spiro atoms. The van der Waals surface area contributed by atoms with Crippen LogP contribution in [0.3, 0.4) is 0 Å². The van der Waals surface area contributed by atoms with Gasteiger partial charge in [-0.3, -0.25) is 4.79 Å². The Labute approximate surface area is 252 Å². The van der Waals surface area contributed by atoms with Crippen LogP contribution in [-0.2, 0) is 27.2 Å². The Bertz CT molecular complexity index is 1600. The zero-order valence-corrected chi connectivity index (χ0v) is 25.8. The van der Waals surface area contributed by atoms with Crippen LogP contribution in [-0.4, -0.2) is 39.7 Å². The van der Waals surface area contributed by atoms with Crippen LogP contribution in [0.4, 0.5) is 10.5 Å². The lowest BCUT2D eigenvalue weighted by molar-refractivity contribution is -0.117. The molecule has 4 aromatic rings. The second-order valence-electron chi connectivity index (χ2n) is 11.3. The Hall–Kier alpha value is -4.66. The summed E-state index contributed by atoms with van der Waals surface area (Å²) >= 11 is 0. The van der Waals surface area contributed by atoms with Gasteiger partial charge in [0, 0.05) is 19.9 Å². The van der Waals surface area contributed by atoms with Crippen molar-refractivity contribution < 1.29 is 23.9 Å². The van der Waals surface area contributed by atoms with Gasteiger partial charge in [0.05, 0.1) is 28.9 Å². The molecule has 0 aliphatic carbocycles. The maximum Gasteiger partial charge on any atom is 0.427 e. The molecule has 0 atom stereocenters. The van der Waals surface area contributed by atoms with Crippen LogP contribution in [0.15, 0.2) is 66.7 Å². The fourth-order valence-corrected chi connectivity index (χ4v) is 4.82. The van der Waals surface area contributed by atoms with Gasteiger partial charge in [-0.1, -0.05) is 55.8 Å². The van der Waals surface area contributed by atoms with E-state index < -0.39 is 11.7 Å². The van der Waals surface area contributed by atoms with Crippen LogP contribution in [0.25, 0.3) is 22.2 Å². The van der Waals surface area contributed by atoms with Gasteiger partial charge < -0.3 is 14.0 Å². The summed E-state index contributed by atoms with van der Waals surface area (Å²) in [5.41, 5.74) is 7.35. The fourth-order valence-electron chi connectivity index (χ4n) is 4.82. The number of hydrazine groups is 1. The van der Waals surface area contributed by atoms with Crippen LogP contribution in [0.5, 0.6) is 0 Å². The van der Waals surface area contributed by atoms with Crippen molar-refractivity contribution in [1.29, 1.82) is 0 Å². The monoisotopic (exact) mass is 584 g/mol. The average Bonchev–Trinajstić information content (AvgIpc) is 3.30. The standard InChI is InChI=1S/C34H40N4O5/c1-7-9-14-31-35-29-21-26(38(23(3)39)36-33(41)43-34(4,5)6)19-20-30(29)37(31)22-24-15-17-25(18-16-24)27-12-10-11-13-28(27)32(40)42-8-2/h10-13,15-21H,7-9,14,22H2,1-6H3,(H,36,41). The summed E-state index contributed by atoms with van der Waals surface area (Å²) in [4.78, 5) is 42.3. The minimum atomic E-state index is -0.717. The maximum absolute atomic E-state index is 12.5. The van der Waals surface area contributed by atoms with Crippen molar-refractivity contribution in [1.82, 2.24) is 15.0 Å². The van der Waals surface area contributed by atoms with Gasteiger partial charge in [0.15, 0.2) is 0 Å². The molecule has 9 nitrogen and oxygen atoms in total. The number of amides is 2. The smallest absolute Gasteiger partial charge is 0.427 e. The van der Waals surface area contributed by atoms with E-state index in [2.05, 4.69) is 29.0 Å².